The lowest BCUT2D eigenvalue weighted by atomic mass is 10.2. The fourth-order valence-electron chi connectivity index (χ4n) is 2.80. The van der Waals surface area contributed by atoms with Crippen molar-refractivity contribution in [2.45, 2.75) is 58.9 Å². The van der Waals surface area contributed by atoms with Crippen molar-refractivity contribution >= 4 is 17.6 Å². The van der Waals surface area contributed by atoms with Gasteiger partial charge in [0.05, 0.1) is 18.7 Å². The fraction of sp³-hybridized carbons (Fsp3) is 0.500. The van der Waals surface area contributed by atoms with Crippen molar-refractivity contribution in [1.82, 2.24) is 9.55 Å². The van der Waals surface area contributed by atoms with Crippen molar-refractivity contribution in [1.29, 1.82) is 0 Å². The molecule has 0 saturated heterocycles. The number of halogens is 2. The first-order valence-corrected chi connectivity index (χ1v) is 9.70. The number of aromatic nitrogens is 2. The summed E-state index contributed by atoms with van der Waals surface area (Å²) in [5.74, 6) is -0.453. The van der Waals surface area contributed by atoms with Gasteiger partial charge < -0.3 is 14.4 Å². The van der Waals surface area contributed by atoms with Crippen LogP contribution >= 0.6 is 11.6 Å². The Balaban J connectivity index is 2.26. The smallest absolute Gasteiger partial charge is 0.309 e. The van der Waals surface area contributed by atoms with Crippen LogP contribution in [0.5, 0.6) is 5.75 Å². The summed E-state index contributed by atoms with van der Waals surface area (Å²) in [6, 6.07) is 4.82. The minimum Gasteiger partial charge on any atom is -0.491 e. The third kappa shape index (κ3) is 5.96. The lowest BCUT2D eigenvalue weighted by Gasteiger charge is -2.13. The Morgan fingerprint density at radius 3 is 2.67 bits per heavy atom. The summed E-state index contributed by atoms with van der Waals surface area (Å²) in [4.78, 5) is 15.5. The van der Waals surface area contributed by atoms with Crippen molar-refractivity contribution < 1.29 is 19.0 Å². The molecule has 0 unspecified atom stereocenters. The van der Waals surface area contributed by atoms with E-state index in [2.05, 4.69) is 11.9 Å². The van der Waals surface area contributed by atoms with E-state index in [1.54, 1.807) is 16.7 Å². The van der Waals surface area contributed by atoms with Crippen LogP contribution in [0.2, 0.25) is 5.15 Å². The molecule has 0 bridgehead atoms. The average molecular weight is 397 g/mol. The van der Waals surface area contributed by atoms with Crippen molar-refractivity contribution in [3.63, 3.8) is 0 Å². The van der Waals surface area contributed by atoms with E-state index in [-0.39, 0.29) is 17.3 Å². The van der Waals surface area contributed by atoms with Crippen LogP contribution in [0.15, 0.2) is 18.2 Å². The molecule has 5 nitrogen and oxygen atoms in total. The van der Waals surface area contributed by atoms with Crippen molar-refractivity contribution in [3.8, 4) is 5.75 Å². The number of nitrogens with zero attached hydrogens (tertiary/aromatic N) is 2. The number of ether oxygens (including phenoxy) is 1. The molecule has 0 aliphatic rings. The molecule has 0 spiro atoms. The second kappa shape index (κ2) is 10.3. The number of carboxylic acid groups (broad SMARTS) is 1. The van der Waals surface area contributed by atoms with E-state index in [1.165, 1.54) is 6.07 Å². The van der Waals surface area contributed by atoms with Gasteiger partial charge in [-0.25, -0.2) is 9.37 Å². The molecule has 148 valence electrons. The third-order valence-electron chi connectivity index (χ3n) is 4.27. The first-order chi connectivity index (χ1) is 13.0. The highest BCUT2D eigenvalue weighted by atomic mass is 35.5. The van der Waals surface area contributed by atoms with Gasteiger partial charge in [-0.3, -0.25) is 4.79 Å². The highest BCUT2D eigenvalue weighted by Gasteiger charge is 2.18. The Labute approximate surface area is 164 Å². The second-order valence-corrected chi connectivity index (χ2v) is 6.85. The number of carboxylic acids is 1. The highest BCUT2D eigenvalue weighted by molar-refractivity contribution is 6.30. The van der Waals surface area contributed by atoms with E-state index in [1.807, 2.05) is 6.92 Å². The molecule has 27 heavy (non-hydrogen) atoms. The van der Waals surface area contributed by atoms with Crippen LogP contribution in [0.4, 0.5) is 4.39 Å². The van der Waals surface area contributed by atoms with Crippen LogP contribution in [0.25, 0.3) is 0 Å². The molecule has 1 aromatic heterocycles. The Bertz CT molecular complexity index is 777. The first kappa shape index (κ1) is 21.2. The molecule has 2 aromatic rings. The molecule has 0 radical (unpaired) electrons. The SMILES string of the molecule is CCCCOc1ccc(Cn2c(CCCC)nc(Cl)c2CC(=O)O)cc1F. The summed E-state index contributed by atoms with van der Waals surface area (Å²) in [6.45, 7) is 4.91. The minimum absolute atomic E-state index is 0.198. The van der Waals surface area contributed by atoms with Gasteiger partial charge in [-0.15, -0.1) is 0 Å². The first-order valence-electron chi connectivity index (χ1n) is 9.33. The van der Waals surface area contributed by atoms with Gasteiger partial charge in [0, 0.05) is 13.0 Å². The van der Waals surface area contributed by atoms with Crippen molar-refractivity contribution in [2.24, 2.45) is 0 Å². The number of aryl methyl sites for hydroxylation is 1. The van der Waals surface area contributed by atoms with Gasteiger partial charge in [-0.1, -0.05) is 44.4 Å². The van der Waals surface area contributed by atoms with Gasteiger partial charge in [-0.05, 0) is 30.5 Å². The van der Waals surface area contributed by atoms with Crippen LogP contribution in [-0.2, 0) is 24.2 Å². The maximum atomic E-state index is 14.3. The summed E-state index contributed by atoms with van der Waals surface area (Å²) in [6.07, 6.45) is 4.22. The zero-order chi connectivity index (χ0) is 19.8. The summed E-state index contributed by atoms with van der Waals surface area (Å²) in [7, 11) is 0. The molecule has 0 aliphatic heterocycles. The van der Waals surface area contributed by atoms with Crippen LogP contribution in [0, 0.1) is 5.82 Å². The second-order valence-electron chi connectivity index (χ2n) is 6.49. The van der Waals surface area contributed by atoms with Crippen LogP contribution in [0.3, 0.4) is 0 Å². The highest BCUT2D eigenvalue weighted by Crippen LogP contribution is 2.24. The molecule has 1 N–H and O–H groups in total. The molecule has 0 amide bonds. The van der Waals surface area contributed by atoms with E-state index >= 15 is 0 Å². The Hall–Kier alpha value is -2.08. The van der Waals surface area contributed by atoms with E-state index in [9.17, 15) is 14.3 Å². The number of hydrogen-bond acceptors (Lipinski definition) is 3. The number of unbranched alkanes of at least 4 members (excludes halogenated alkanes) is 2. The predicted octanol–water partition coefficient (Wildman–Crippen LogP) is 4.87. The largest absolute Gasteiger partial charge is 0.491 e. The van der Waals surface area contributed by atoms with Gasteiger partial charge in [0.15, 0.2) is 16.7 Å². The van der Waals surface area contributed by atoms with Gasteiger partial charge in [0.25, 0.3) is 0 Å². The van der Waals surface area contributed by atoms with Gasteiger partial charge >= 0.3 is 5.97 Å². The van der Waals surface area contributed by atoms with E-state index in [0.29, 0.717) is 30.8 Å². The van der Waals surface area contributed by atoms with Gasteiger partial charge in [-0.2, -0.15) is 0 Å². The minimum atomic E-state index is -0.981. The monoisotopic (exact) mass is 396 g/mol. The average Bonchev–Trinajstić information content (AvgIpc) is 2.90. The quantitative estimate of drug-likeness (QED) is 0.550. The molecule has 1 aromatic carbocycles. The summed E-state index contributed by atoms with van der Waals surface area (Å²) >= 11 is 6.18. The molecule has 0 atom stereocenters. The maximum absolute atomic E-state index is 14.3. The molecular formula is C20H26ClFN2O3. The zero-order valence-corrected chi connectivity index (χ0v) is 16.6. The van der Waals surface area contributed by atoms with Gasteiger partial charge in [0.2, 0.25) is 0 Å². The number of aliphatic carboxylic acids is 1. The molecule has 0 fully saturated rings. The lowest BCUT2D eigenvalue weighted by molar-refractivity contribution is -0.136. The third-order valence-corrected chi connectivity index (χ3v) is 4.57. The van der Waals surface area contributed by atoms with Crippen LogP contribution in [-0.4, -0.2) is 27.2 Å². The maximum Gasteiger partial charge on any atom is 0.309 e. The number of carbonyl (C=O) groups is 1. The summed E-state index contributed by atoms with van der Waals surface area (Å²) in [5, 5.41) is 9.37. The normalized spacial score (nSPS) is 11.0. The predicted molar refractivity (Wildman–Crippen MR) is 103 cm³/mol. The molecular weight excluding hydrogens is 371 g/mol. The zero-order valence-electron chi connectivity index (χ0n) is 15.8. The lowest BCUT2D eigenvalue weighted by Crippen LogP contribution is -2.12. The Morgan fingerprint density at radius 2 is 2.04 bits per heavy atom. The van der Waals surface area contributed by atoms with E-state index in [0.717, 1.165) is 31.5 Å². The number of hydrogen-bond donors (Lipinski definition) is 1. The van der Waals surface area contributed by atoms with E-state index < -0.39 is 11.8 Å². The molecule has 0 saturated carbocycles. The summed E-state index contributed by atoms with van der Waals surface area (Å²) in [5.41, 5.74) is 1.15. The Kier molecular flexibility index (Phi) is 8.10. The van der Waals surface area contributed by atoms with Crippen LogP contribution in [0.1, 0.15) is 56.6 Å². The fourth-order valence-corrected chi connectivity index (χ4v) is 3.06. The number of rotatable bonds is 11. The number of imidazole rings is 1. The van der Waals surface area contributed by atoms with Crippen molar-refractivity contribution in [2.75, 3.05) is 6.61 Å². The number of benzene rings is 1. The summed E-state index contributed by atoms with van der Waals surface area (Å²) < 4.78 is 21.6. The standard InChI is InChI=1S/C20H26ClFN2O3/c1-3-5-7-18-23-20(21)16(12-19(25)26)24(18)13-14-8-9-17(15(22)11-14)27-10-6-4-2/h8-9,11H,3-7,10,12-13H2,1-2H3,(H,25,26). The topological polar surface area (TPSA) is 64.4 Å². The van der Waals surface area contributed by atoms with Gasteiger partial charge in [0.1, 0.15) is 5.82 Å². The van der Waals surface area contributed by atoms with E-state index in [4.69, 9.17) is 16.3 Å². The molecule has 2 rings (SSSR count). The molecule has 7 heteroatoms. The molecule has 1 heterocycles. The molecule has 0 aliphatic carbocycles. The Morgan fingerprint density at radius 1 is 1.30 bits per heavy atom. The van der Waals surface area contributed by atoms with Crippen molar-refractivity contribution in [3.05, 3.63) is 46.3 Å². The van der Waals surface area contributed by atoms with Crippen LogP contribution < -0.4 is 4.74 Å².